The lowest BCUT2D eigenvalue weighted by atomic mass is 10.0. The number of carbonyl (C=O) groups excluding carboxylic acids is 1. The Kier molecular flexibility index (Phi) is 6.26. The predicted molar refractivity (Wildman–Crippen MR) is 134 cm³/mol. The number of β-amino-alcohol motifs (C(OH)–C–C–N with tert-alkyl or cyclic N) is 1. The number of aromatic nitrogens is 1. The number of hydrogen-bond donors (Lipinski definition) is 1. The van der Waals surface area contributed by atoms with Gasteiger partial charge in [0, 0.05) is 18.5 Å². The van der Waals surface area contributed by atoms with Crippen LogP contribution < -0.4 is 9.64 Å². The van der Waals surface area contributed by atoms with Crippen molar-refractivity contribution in [2.75, 3.05) is 18.0 Å². The number of aliphatic hydroxyl groups excluding tert-OH is 1. The van der Waals surface area contributed by atoms with E-state index in [2.05, 4.69) is 0 Å². The topological polar surface area (TPSA) is 62.7 Å². The van der Waals surface area contributed by atoms with Crippen LogP contribution in [0.15, 0.2) is 48.5 Å². The van der Waals surface area contributed by atoms with Gasteiger partial charge in [-0.25, -0.2) is 4.98 Å². The molecule has 4 rings (SSSR count). The van der Waals surface area contributed by atoms with E-state index < -0.39 is 6.10 Å². The standard InChI is InChI=1S/C28H32N2O3/c1-18-14-20(15-19(2)26(18)33-28(3,4)5)10-11-25(32)23-16-21-8-6-7-9-24(21)29-27(23)30-13-12-22(31)17-30/h6-11,14-16,22,31H,12-13,17H2,1-5H3/b11-10+. The van der Waals surface area contributed by atoms with E-state index in [9.17, 15) is 9.90 Å². The lowest BCUT2D eigenvalue weighted by Crippen LogP contribution is -2.24. The van der Waals surface area contributed by atoms with Crippen LogP contribution in [0.25, 0.3) is 17.0 Å². The molecule has 1 atom stereocenters. The van der Waals surface area contributed by atoms with Gasteiger partial charge < -0.3 is 14.7 Å². The summed E-state index contributed by atoms with van der Waals surface area (Å²) < 4.78 is 6.11. The van der Waals surface area contributed by atoms with Gasteiger partial charge in [0.25, 0.3) is 0 Å². The monoisotopic (exact) mass is 444 g/mol. The van der Waals surface area contributed by atoms with Crippen molar-refractivity contribution in [3.05, 3.63) is 70.8 Å². The highest BCUT2D eigenvalue weighted by atomic mass is 16.5. The molecule has 172 valence electrons. The molecule has 33 heavy (non-hydrogen) atoms. The number of aryl methyl sites for hydroxylation is 2. The van der Waals surface area contributed by atoms with Gasteiger partial charge in [-0.2, -0.15) is 0 Å². The molecule has 2 aromatic carbocycles. The third-order valence-electron chi connectivity index (χ3n) is 5.75. The predicted octanol–water partition coefficient (Wildman–Crippen LogP) is 5.50. The summed E-state index contributed by atoms with van der Waals surface area (Å²) >= 11 is 0. The Morgan fingerprint density at radius 1 is 1.15 bits per heavy atom. The smallest absolute Gasteiger partial charge is 0.189 e. The summed E-state index contributed by atoms with van der Waals surface area (Å²) in [5.74, 6) is 1.43. The van der Waals surface area contributed by atoms with E-state index >= 15 is 0 Å². The number of ketones is 1. The number of anilines is 1. The molecule has 0 saturated carbocycles. The first-order valence-electron chi connectivity index (χ1n) is 11.5. The highest BCUT2D eigenvalue weighted by Gasteiger charge is 2.25. The van der Waals surface area contributed by atoms with Gasteiger partial charge in [-0.1, -0.05) is 24.3 Å². The summed E-state index contributed by atoms with van der Waals surface area (Å²) in [5.41, 5.74) is 4.15. The fourth-order valence-corrected chi connectivity index (χ4v) is 4.27. The van der Waals surface area contributed by atoms with Crippen molar-refractivity contribution < 1.29 is 14.6 Å². The first-order valence-corrected chi connectivity index (χ1v) is 11.5. The number of para-hydroxylation sites is 1. The summed E-state index contributed by atoms with van der Waals surface area (Å²) in [5, 5.41) is 10.9. The fraction of sp³-hybridized carbons (Fsp3) is 0.357. The van der Waals surface area contributed by atoms with E-state index in [0.717, 1.165) is 33.3 Å². The second-order valence-electron chi connectivity index (χ2n) is 9.84. The quantitative estimate of drug-likeness (QED) is 0.416. The number of pyridine rings is 1. The first-order chi connectivity index (χ1) is 15.6. The lowest BCUT2D eigenvalue weighted by molar-refractivity contribution is 0.104. The maximum absolute atomic E-state index is 13.3. The number of rotatable bonds is 5. The van der Waals surface area contributed by atoms with Crippen LogP contribution in [0.4, 0.5) is 5.82 Å². The molecule has 1 N–H and O–H groups in total. The molecule has 0 radical (unpaired) electrons. The fourth-order valence-electron chi connectivity index (χ4n) is 4.27. The molecular formula is C28H32N2O3. The van der Waals surface area contributed by atoms with Crippen molar-refractivity contribution in [2.24, 2.45) is 0 Å². The Balaban J connectivity index is 1.66. The maximum atomic E-state index is 13.3. The van der Waals surface area contributed by atoms with Crippen molar-refractivity contribution >= 4 is 28.6 Å². The normalized spacial score (nSPS) is 16.7. The molecule has 1 aliphatic rings. The molecule has 0 aliphatic carbocycles. The average Bonchev–Trinajstić information content (AvgIpc) is 3.19. The van der Waals surface area contributed by atoms with Crippen molar-refractivity contribution in [1.82, 2.24) is 4.98 Å². The summed E-state index contributed by atoms with van der Waals surface area (Å²) in [6.45, 7) is 11.3. The summed E-state index contributed by atoms with van der Waals surface area (Å²) in [7, 11) is 0. The number of ether oxygens (including phenoxy) is 1. The van der Waals surface area contributed by atoms with Crippen molar-refractivity contribution in [3.8, 4) is 5.75 Å². The molecule has 1 fully saturated rings. The first kappa shape index (κ1) is 23.0. The minimum atomic E-state index is -0.392. The third-order valence-corrected chi connectivity index (χ3v) is 5.75. The van der Waals surface area contributed by atoms with Crippen LogP contribution in [0.3, 0.4) is 0 Å². The Labute approximate surface area is 195 Å². The van der Waals surface area contributed by atoms with E-state index in [4.69, 9.17) is 9.72 Å². The van der Waals surface area contributed by atoms with Crippen LogP contribution in [0.2, 0.25) is 0 Å². The number of aliphatic hydroxyl groups is 1. The number of fused-ring (bicyclic) bond motifs is 1. The molecule has 1 aromatic heterocycles. The average molecular weight is 445 g/mol. The number of carbonyl (C=O) groups is 1. The van der Waals surface area contributed by atoms with Crippen LogP contribution in [0.1, 0.15) is 54.2 Å². The molecule has 0 amide bonds. The van der Waals surface area contributed by atoms with Gasteiger partial charge in [0.05, 0.1) is 17.2 Å². The number of hydrogen-bond acceptors (Lipinski definition) is 5. The Morgan fingerprint density at radius 3 is 2.48 bits per heavy atom. The van der Waals surface area contributed by atoms with E-state index in [0.29, 0.717) is 30.9 Å². The van der Waals surface area contributed by atoms with Crippen LogP contribution in [-0.2, 0) is 0 Å². The molecule has 5 nitrogen and oxygen atoms in total. The van der Waals surface area contributed by atoms with E-state index in [1.165, 1.54) is 0 Å². The zero-order valence-electron chi connectivity index (χ0n) is 20.1. The lowest BCUT2D eigenvalue weighted by Gasteiger charge is -2.24. The Morgan fingerprint density at radius 2 is 1.85 bits per heavy atom. The second-order valence-corrected chi connectivity index (χ2v) is 9.84. The van der Waals surface area contributed by atoms with Gasteiger partial charge in [-0.15, -0.1) is 0 Å². The molecule has 0 bridgehead atoms. The third kappa shape index (κ3) is 5.25. The molecule has 1 unspecified atom stereocenters. The molecule has 0 spiro atoms. The highest BCUT2D eigenvalue weighted by Crippen LogP contribution is 2.30. The van der Waals surface area contributed by atoms with Crippen molar-refractivity contribution in [3.63, 3.8) is 0 Å². The largest absolute Gasteiger partial charge is 0.488 e. The Hall–Kier alpha value is -3.18. The Bertz CT molecular complexity index is 1200. The summed E-state index contributed by atoms with van der Waals surface area (Å²) in [6, 6.07) is 13.8. The van der Waals surface area contributed by atoms with Gasteiger partial charge in [0.1, 0.15) is 17.2 Å². The zero-order valence-corrected chi connectivity index (χ0v) is 20.1. The minimum absolute atomic E-state index is 0.102. The van der Waals surface area contributed by atoms with E-state index in [1.807, 2.05) is 88.1 Å². The van der Waals surface area contributed by atoms with Gasteiger partial charge >= 0.3 is 0 Å². The van der Waals surface area contributed by atoms with Gasteiger partial charge in [-0.05, 0) is 88.1 Å². The summed E-state index contributed by atoms with van der Waals surface area (Å²) in [4.78, 5) is 20.1. The molecule has 2 heterocycles. The second kappa shape index (κ2) is 8.99. The van der Waals surface area contributed by atoms with Crippen molar-refractivity contribution in [1.29, 1.82) is 0 Å². The number of nitrogens with zero attached hydrogens (tertiary/aromatic N) is 2. The van der Waals surface area contributed by atoms with Gasteiger partial charge in [0.2, 0.25) is 0 Å². The van der Waals surface area contributed by atoms with Gasteiger partial charge in [-0.3, -0.25) is 4.79 Å². The number of allylic oxidation sites excluding steroid dienone is 1. The number of benzene rings is 2. The van der Waals surface area contributed by atoms with Crippen molar-refractivity contribution in [2.45, 2.75) is 52.7 Å². The van der Waals surface area contributed by atoms with Crippen LogP contribution in [0, 0.1) is 13.8 Å². The van der Waals surface area contributed by atoms with E-state index in [1.54, 1.807) is 6.08 Å². The molecule has 1 aliphatic heterocycles. The minimum Gasteiger partial charge on any atom is -0.488 e. The zero-order chi connectivity index (χ0) is 23.8. The maximum Gasteiger partial charge on any atom is 0.189 e. The molecular weight excluding hydrogens is 412 g/mol. The SMILES string of the molecule is Cc1cc(/C=C/C(=O)c2cc3ccccc3nc2N2CCC(O)C2)cc(C)c1OC(C)(C)C. The summed E-state index contributed by atoms with van der Waals surface area (Å²) in [6.07, 6.45) is 3.75. The van der Waals surface area contributed by atoms with Crippen LogP contribution >= 0.6 is 0 Å². The van der Waals surface area contributed by atoms with Crippen LogP contribution in [0.5, 0.6) is 5.75 Å². The van der Waals surface area contributed by atoms with Gasteiger partial charge in [0.15, 0.2) is 5.78 Å². The van der Waals surface area contributed by atoms with Crippen LogP contribution in [-0.4, -0.2) is 40.7 Å². The molecule has 5 heteroatoms. The highest BCUT2D eigenvalue weighted by molar-refractivity contribution is 6.11. The van der Waals surface area contributed by atoms with E-state index in [-0.39, 0.29) is 11.4 Å². The molecule has 3 aromatic rings. The molecule has 1 saturated heterocycles.